The van der Waals surface area contributed by atoms with Crippen LogP contribution in [0.2, 0.25) is 0 Å². The quantitative estimate of drug-likeness (QED) is 0.452. The highest BCUT2D eigenvalue weighted by Crippen LogP contribution is 2.27. The molecule has 0 unspecified atom stereocenters. The smallest absolute Gasteiger partial charge is 0.264 e. The Kier molecular flexibility index (Phi) is 6.02. The van der Waals surface area contributed by atoms with Crippen LogP contribution in [0.15, 0.2) is 77.5 Å². The Morgan fingerprint density at radius 1 is 0.900 bits per heavy atom. The summed E-state index contributed by atoms with van der Waals surface area (Å²) in [4.78, 5) is 31.1. The van der Waals surface area contributed by atoms with E-state index in [-0.39, 0.29) is 18.4 Å². The molecule has 7 heteroatoms. The SMILES string of the molecule is CN(CC(=O)Nc1nc(-c2ccc(-c3ccccc3)cc2)cs1)C(=O)c1cccs1. The van der Waals surface area contributed by atoms with Gasteiger partial charge in [0.1, 0.15) is 0 Å². The average Bonchev–Trinajstić information content (AvgIpc) is 3.46. The van der Waals surface area contributed by atoms with Gasteiger partial charge in [-0.3, -0.25) is 9.59 Å². The van der Waals surface area contributed by atoms with E-state index in [4.69, 9.17) is 0 Å². The van der Waals surface area contributed by atoms with Crippen molar-refractivity contribution in [1.29, 1.82) is 0 Å². The average molecular weight is 434 g/mol. The van der Waals surface area contributed by atoms with Crippen LogP contribution in [-0.4, -0.2) is 35.3 Å². The predicted molar refractivity (Wildman–Crippen MR) is 123 cm³/mol. The first kappa shape index (κ1) is 20.0. The van der Waals surface area contributed by atoms with Crippen molar-refractivity contribution < 1.29 is 9.59 Å². The fourth-order valence-electron chi connectivity index (χ4n) is 2.96. The lowest BCUT2D eigenvalue weighted by molar-refractivity contribution is -0.116. The first-order chi connectivity index (χ1) is 14.6. The van der Waals surface area contributed by atoms with Crippen molar-refractivity contribution in [2.45, 2.75) is 0 Å². The number of rotatable bonds is 6. The minimum Gasteiger partial charge on any atom is -0.332 e. The minimum atomic E-state index is -0.275. The number of thiazole rings is 1. The van der Waals surface area contributed by atoms with Crippen molar-refractivity contribution in [3.63, 3.8) is 0 Å². The molecular weight excluding hydrogens is 414 g/mol. The molecule has 0 aliphatic carbocycles. The molecule has 4 rings (SSSR count). The van der Waals surface area contributed by atoms with Gasteiger partial charge in [0.05, 0.1) is 17.1 Å². The van der Waals surface area contributed by atoms with Gasteiger partial charge >= 0.3 is 0 Å². The molecule has 0 atom stereocenters. The van der Waals surface area contributed by atoms with Crippen molar-refractivity contribution >= 4 is 39.6 Å². The number of hydrogen-bond acceptors (Lipinski definition) is 5. The fourth-order valence-corrected chi connectivity index (χ4v) is 4.42. The first-order valence-electron chi connectivity index (χ1n) is 9.30. The summed E-state index contributed by atoms with van der Waals surface area (Å²) in [5.41, 5.74) is 4.09. The molecule has 2 aromatic heterocycles. The summed E-state index contributed by atoms with van der Waals surface area (Å²) in [7, 11) is 1.61. The summed E-state index contributed by atoms with van der Waals surface area (Å²) >= 11 is 2.72. The molecule has 0 radical (unpaired) electrons. The third-order valence-corrected chi connectivity index (χ3v) is 6.11. The second kappa shape index (κ2) is 9.02. The monoisotopic (exact) mass is 433 g/mol. The zero-order valence-corrected chi connectivity index (χ0v) is 17.9. The van der Waals surface area contributed by atoms with Gasteiger partial charge in [0.25, 0.3) is 5.91 Å². The first-order valence-corrected chi connectivity index (χ1v) is 11.1. The number of carbonyl (C=O) groups excluding carboxylic acids is 2. The molecule has 0 saturated carbocycles. The van der Waals surface area contributed by atoms with Gasteiger partial charge in [0, 0.05) is 18.0 Å². The maximum absolute atomic E-state index is 12.3. The second-order valence-corrected chi connectivity index (χ2v) is 8.47. The van der Waals surface area contributed by atoms with E-state index in [1.54, 1.807) is 13.1 Å². The summed E-state index contributed by atoms with van der Waals surface area (Å²) < 4.78 is 0. The number of amides is 2. The van der Waals surface area contributed by atoms with Gasteiger partial charge in [0.15, 0.2) is 5.13 Å². The molecule has 0 fully saturated rings. The van der Waals surface area contributed by atoms with Gasteiger partial charge in [-0.05, 0) is 22.6 Å². The summed E-state index contributed by atoms with van der Waals surface area (Å²) in [6.07, 6.45) is 0. The zero-order valence-electron chi connectivity index (χ0n) is 16.2. The Morgan fingerprint density at radius 3 is 2.30 bits per heavy atom. The number of nitrogens with one attached hydrogen (secondary N) is 1. The highest BCUT2D eigenvalue weighted by atomic mass is 32.1. The Bertz CT molecular complexity index is 1140. The van der Waals surface area contributed by atoms with E-state index < -0.39 is 0 Å². The summed E-state index contributed by atoms with van der Waals surface area (Å²) in [6.45, 7) is -0.0303. The summed E-state index contributed by atoms with van der Waals surface area (Å²) in [5, 5.41) is 7.04. The number of likely N-dealkylation sites (N-methyl/N-ethyl adjacent to an activating group) is 1. The molecule has 0 spiro atoms. The zero-order chi connectivity index (χ0) is 20.9. The van der Waals surface area contributed by atoms with Gasteiger partial charge in [-0.15, -0.1) is 22.7 Å². The number of thiophene rings is 1. The summed E-state index contributed by atoms with van der Waals surface area (Å²) in [6, 6.07) is 21.9. The van der Waals surface area contributed by atoms with Gasteiger partial charge in [-0.1, -0.05) is 60.7 Å². The Balaban J connectivity index is 1.38. The number of carbonyl (C=O) groups is 2. The molecule has 1 N–H and O–H groups in total. The number of aromatic nitrogens is 1. The van der Waals surface area contributed by atoms with E-state index in [1.165, 1.54) is 27.6 Å². The van der Waals surface area contributed by atoms with E-state index in [2.05, 4.69) is 34.6 Å². The molecule has 0 aliphatic heterocycles. The molecule has 0 aliphatic rings. The Hall–Kier alpha value is -3.29. The van der Waals surface area contributed by atoms with Crippen LogP contribution in [-0.2, 0) is 4.79 Å². The molecule has 0 bridgehead atoms. The van der Waals surface area contributed by atoms with E-state index in [0.717, 1.165) is 22.4 Å². The molecule has 0 saturated heterocycles. The lowest BCUT2D eigenvalue weighted by atomic mass is 10.0. The predicted octanol–water partition coefficient (Wildman–Crippen LogP) is 5.25. The van der Waals surface area contributed by atoms with Crippen LogP contribution < -0.4 is 5.32 Å². The molecule has 30 heavy (non-hydrogen) atoms. The van der Waals surface area contributed by atoms with Crippen LogP contribution in [0.4, 0.5) is 5.13 Å². The maximum Gasteiger partial charge on any atom is 0.264 e. The highest BCUT2D eigenvalue weighted by molar-refractivity contribution is 7.14. The van der Waals surface area contributed by atoms with Crippen LogP contribution in [0.5, 0.6) is 0 Å². The molecule has 150 valence electrons. The van der Waals surface area contributed by atoms with E-state index in [9.17, 15) is 9.59 Å². The van der Waals surface area contributed by atoms with Crippen LogP contribution in [0.3, 0.4) is 0 Å². The second-order valence-electron chi connectivity index (χ2n) is 6.67. The Labute approximate surface area is 182 Å². The topological polar surface area (TPSA) is 62.3 Å². The Morgan fingerprint density at radius 2 is 1.60 bits per heavy atom. The summed E-state index contributed by atoms with van der Waals surface area (Å²) in [5.74, 6) is -0.443. The number of anilines is 1. The molecule has 4 aromatic rings. The fraction of sp³-hybridized carbons (Fsp3) is 0.0870. The standard InChI is InChI=1S/C23H19N3O2S2/c1-26(22(28)20-8-5-13-29-20)14-21(27)25-23-24-19(15-30-23)18-11-9-17(10-12-18)16-6-3-2-4-7-16/h2-13,15H,14H2,1H3,(H,24,25,27). The lowest BCUT2D eigenvalue weighted by Gasteiger charge is -2.15. The van der Waals surface area contributed by atoms with Crippen molar-refractivity contribution in [2.75, 3.05) is 18.9 Å². The number of hydrogen-bond donors (Lipinski definition) is 1. The van der Waals surface area contributed by atoms with Gasteiger partial charge in [-0.25, -0.2) is 4.98 Å². The minimum absolute atomic E-state index is 0.0303. The van der Waals surface area contributed by atoms with Crippen LogP contribution in [0, 0.1) is 0 Å². The van der Waals surface area contributed by atoms with Crippen molar-refractivity contribution in [3.05, 3.63) is 82.4 Å². The van der Waals surface area contributed by atoms with Crippen LogP contribution >= 0.6 is 22.7 Å². The largest absolute Gasteiger partial charge is 0.332 e. The van der Waals surface area contributed by atoms with Gasteiger partial charge in [-0.2, -0.15) is 0 Å². The van der Waals surface area contributed by atoms with Crippen molar-refractivity contribution in [3.8, 4) is 22.4 Å². The highest BCUT2D eigenvalue weighted by Gasteiger charge is 2.16. The van der Waals surface area contributed by atoms with Crippen molar-refractivity contribution in [1.82, 2.24) is 9.88 Å². The number of benzene rings is 2. The maximum atomic E-state index is 12.3. The molecular formula is C23H19N3O2S2. The number of nitrogens with zero attached hydrogens (tertiary/aromatic N) is 2. The van der Waals surface area contributed by atoms with E-state index >= 15 is 0 Å². The third kappa shape index (κ3) is 4.64. The van der Waals surface area contributed by atoms with Crippen LogP contribution in [0.25, 0.3) is 22.4 Å². The normalized spacial score (nSPS) is 10.6. The third-order valence-electron chi connectivity index (χ3n) is 4.50. The van der Waals surface area contributed by atoms with E-state index in [1.807, 2.05) is 47.2 Å². The molecule has 2 amide bonds. The molecule has 5 nitrogen and oxygen atoms in total. The van der Waals surface area contributed by atoms with Gasteiger partial charge < -0.3 is 10.2 Å². The van der Waals surface area contributed by atoms with Crippen molar-refractivity contribution in [2.24, 2.45) is 0 Å². The molecule has 2 aromatic carbocycles. The van der Waals surface area contributed by atoms with Crippen LogP contribution in [0.1, 0.15) is 9.67 Å². The van der Waals surface area contributed by atoms with Gasteiger partial charge in [0.2, 0.25) is 5.91 Å². The van der Waals surface area contributed by atoms with E-state index in [0.29, 0.717) is 10.0 Å². The molecule has 2 heterocycles. The lowest BCUT2D eigenvalue weighted by Crippen LogP contribution is -2.34.